The van der Waals surface area contributed by atoms with Crippen molar-refractivity contribution in [2.24, 2.45) is 5.92 Å². The zero-order valence-electron chi connectivity index (χ0n) is 16.3. The molecule has 5 heteroatoms. The summed E-state index contributed by atoms with van der Waals surface area (Å²) in [5, 5.41) is 3.17. The predicted molar refractivity (Wildman–Crippen MR) is 110 cm³/mol. The van der Waals surface area contributed by atoms with Gasteiger partial charge in [-0.15, -0.1) is 0 Å². The van der Waals surface area contributed by atoms with Crippen molar-refractivity contribution in [1.29, 1.82) is 0 Å². The molecule has 27 heavy (non-hydrogen) atoms. The number of aryl methyl sites for hydroxylation is 1. The number of nitrogens with zero attached hydrogens (tertiary/aromatic N) is 2. The van der Waals surface area contributed by atoms with Gasteiger partial charge in [-0.2, -0.15) is 0 Å². The number of benzene rings is 1. The highest BCUT2D eigenvalue weighted by molar-refractivity contribution is 5.80. The number of amides is 1. The summed E-state index contributed by atoms with van der Waals surface area (Å²) in [6, 6.07) is 6.26. The van der Waals surface area contributed by atoms with Gasteiger partial charge in [0.15, 0.2) is 0 Å². The van der Waals surface area contributed by atoms with E-state index in [1.807, 2.05) is 0 Å². The maximum absolute atomic E-state index is 12.6. The second-order valence-corrected chi connectivity index (χ2v) is 8.02. The van der Waals surface area contributed by atoms with Crippen LogP contribution in [0.2, 0.25) is 0 Å². The number of carbonyl (C=O) groups is 1. The molecule has 4 rings (SSSR count). The maximum Gasteiger partial charge on any atom is 0.224 e. The Kier molecular flexibility index (Phi) is 5.46. The molecule has 1 atom stereocenters. The van der Waals surface area contributed by atoms with Gasteiger partial charge < -0.3 is 15.2 Å². The summed E-state index contributed by atoms with van der Waals surface area (Å²) >= 11 is 0. The molecular formula is C22H30N4O. The van der Waals surface area contributed by atoms with Gasteiger partial charge in [0.2, 0.25) is 11.9 Å². The Balaban J connectivity index is 1.34. The summed E-state index contributed by atoms with van der Waals surface area (Å²) in [5.41, 5.74) is 4.80. The number of anilines is 1. The molecule has 2 aromatic rings. The Bertz CT molecular complexity index is 838. The second kappa shape index (κ2) is 8.15. The summed E-state index contributed by atoms with van der Waals surface area (Å²) in [4.78, 5) is 23.0. The number of rotatable bonds is 5. The quantitative estimate of drug-likeness (QED) is 0.784. The zero-order chi connectivity index (χ0) is 18.6. The van der Waals surface area contributed by atoms with Gasteiger partial charge in [-0.3, -0.25) is 4.79 Å². The van der Waals surface area contributed by atoms with Crippen LogP contribution in [0.15, 0.2) is 29.8 Å². The van der Waals surface area contributed by atoms with E-state index >= 15 is 0 Å². The van der Waals surface area contributed by atoms with Gasteiger partial charge in [-0.05, 0) is 69.6 Å². The highest BCUT2D eigenvalue weighted by atomic mass is 16.1. The smallest absolute Gasteiger partial charge is 0.224 e. The van der Waals surface area contributed by atoms with Crippen molar-refractivity contribution in [3.8, 4) is 0 Å². The van der Waals surface area contributed by atoms with Crippen LogP contribution >= 0.6 is 0 Å². The molecule has 1 saturated heterocycles. The number of fused-ring (bicyclic) bond motifs is 1. The number of nitrogens with one attached hydrogen (secondary N) is 2. The van der Waals surface area contributed by atoms with E-state index in [0.717, 1.165) is 55.9 Å². The fourth-order valence-electron chi connectivity index (χ4n) is 4.27. The van der Waals surface area contributed by atoms with E-state index in [1.165, 1.54) is 36.8 Å². The predicted octanol–water partition coefficient (Wildman–Crippen LogP) is 4.09. The van der Waals surface area contributed by atoms with E-state index in [4.69, 9.17) is 4.98 Å². The highest BCUT2D eigenvalue weighted by Gasteiger charge is 2.27. The van der Waals surface area contributed by atoms with Crippen LogP contribution in [-0.4, -0.2) is 35.5 Å². The third-order valence-electron chi connectivity index (χ3n) is 5.85. The van der Waals surface area contributed by atoms with E-state index in [0.29, 0.717) is 0 Å². The normalized spacial score (nSPS) is 20.6. The molecule has 1 aromatic heterocycles. The first-order valence-corrected chi connectivity index (χ1v) is 10.4. The number of hydrogen-bond acceptors (Lipinski definition) is 3. The van der Waals surface area contributed by atoms with Crippen LogP contribution in [0.3, 0.4) is 0 Å². The van der Waals surface area contributed by atoms with Gasteiger partial charge >= 0.3 is 0 Å². The second-order valence-electron chi connectivity index (χ2n) is 8.02. The topological polar surface area (TPSA) is 61.0 Å². The molecular weight excluding hydrogens is 336 g/mol. The summed E-state index contributed by atoms with van der Waals surface area (Å²) in [6.45, 7) is 4.55. The third-order valence-corrected chi connectivity index (χ3v) is 5.85. The molecule has 0 saturated carbocycles. The van der Waals surface area contributed by atoms with Crippen molar-refractivity contribution in [2.45, 2.75) is 51.9 Å². The molecule has 1 amide bonds. The van der Waals surface area contributed by atoms with Crippen LogP contribution in [0.25, 0.3) is 11.0 Å². The summed E-state index contributed by atoms with van der Waals surface area (Å²) in [5.74, 6) is 1.14. The minimum Gasteiger partial charge on any atom is -0.355 e. The minimum atomic E-state index is 0.0500. The lowest BCUT2D eigenvalue weighted by Gasteiger charge is -2.31. The van der Waals surface area contributed by atoms with Crippen LogP contribution < -0.4 is 10.2 Å². The van der Waals surface area contributed by atoms with E-state index in [1.54, 1.807) is 0 Å². The molecule has 1 aliphatic carbocycles. The lowest BCUT2D eigenvalue weighted by molar-refractivity contribution is -0.125. The number of imidazole rings is 1. The van der Waals surface area contributed by atoms with Crippen LogP contribution in [0, 0.1) is 12.8 Å². The molecule has 2 N–H and O–H groups in total. The highest BCUT2D eigenvalue weighted by Crippen LogP contribution is 2.24. The molecule has 1 aromatic carbocycles. The van der Waals surface area contributed by atoms with E-state index in [-0.39, 0.29) is 11.8 Å². The number of hydrogen-bond donors (Lipinski definition) is 2. The van der Waals surface area contributed by atoms with Crippen molar-refractivity contribution < 1.29 is 4.79 Å². The van der Waals surface area contributed by atoms with Crippen molar-refractivity contribution in [2.75, 3.05) is 24.5 Å². The number of aromatic nitrogens is 2. The van der Waals surface area contributed by atoms with Crippen molar-refractivity contribution in [1.82, 2.24) is 15.3 Å². The monoisotopic (exact) mass is 366 g/mol. The van der Waals surface area contributed by atoms with Gasteiger partial charge in [0.05, 0.1) is 17.0 Å². The van der Waals surface area contributed by atoms with Crippen LogP contribution in [0.1, 0.15) is 50.5 Å². The Morgan fingerprint density at radius 1 is 1.33 bits per heavy atom. The fourth-order valence-corrected chi connectivity index (χ4v) is 4.27. The Morgan fingerprint density at radius 2 is 2.26 bits per heavy atom. The molecule has 0 unspecified atom stereocenters. The van der Waals surface area contributed by atoms with Gasteiger partial charge in [0.25, 0.3) is 0 Å². The SMILES string of the molecule is Cc1ccc2nc(N3CCC[C@@H](C(=O)NCCC4=CCCCC4)C3)[nH]c2c1. The van der Waals surface area contributed by atoms with Crippen molar-refractivity contribution in [3.63, 3.8) is 0 Å². The molecule has 1 fully saturated rings. The summed E-state index contributed by atoms with van der Waals surface area (Å²) in [6.07, 6.45) is 10.4. The molecule has 2 aliphatic rings. The number of carbonyl (C=O) groups excluding carboxylic acids is 1. The lowest BCUT2D eigenvalue weighted by Crippen LogP contribution is -2.43. The first kappa shape index (κ1) is 18.1. The standard InChI is InChI=1S/C22H30N4O/c1-16-9-10-19-20(14-16)25-22(24-19)26-13-5-8-18(15-26)21(27)23-12-11-17-6-3-2-4-7-17/h6,9-10,14,18H,2-5,7-8,11-13,15H2,1H3,(H,23,27)(H,24,25)/t18-/m1/s1. The van der Waals surface area contributed by atoms with Gasteiger partial charge in [0.1, 0.15) is 0 Å². The molecule has 1 aliphatic heterocycles. The maximum atomic E-state index is 12.6. The molecule has 0 radical (unpaired) electrons. The molecule has 0 spiro atoms. The number of H-pyrrole nitrogens is 1. The molecule has 144 valence electrons. The Morgan fingerprint density at radius 3 is 3.11 bits per heavy atom. The first-order chi connectivity index (χ1) is 13.2. The van der Waals surface area contributed by atoms with E-state index in [9.17, 15) is 4.79 Å². The summed E-state index contributed by atoms with van der Waals surface area (Å²) in [7, 11) is 0. The Hall–Kier alpha value is -2.30. The summed E-state index contributed by atoms with van der Waals surface area (Å²) < 4.78 is 0. The largest absolute Gasteiger partial charge is 0.355 e. The fraction of sp³-hybridized carbons (Fsp3) is 0.545. The Labute approximate surface area is 161 Å². The molecule has 2 heterocycles. The van der Waals surface area contributed by atoms with Crippen LogP contribution in [-0.2, 0) is 4.79 Å². The zero-order valence-corrected chi connectivity index (χ0v) is 16.3. The average Bonchev–Trinajstić information content (AvgIpc) is 3.12. The first-order valence-electron chi connectivity index (χ1n) is 10.4. The van der Waals surface area contributed by atoms with E-state index < -0.39 is 0 Å². The number of piperidine rings is 1. The van der Waals surface area contributed by atoms with Gasteiger partial charge in [-0.25, -0.2) is 4.98 Å². The van der Waals surface area contributed by atoms with E-state index in [2.05, 4.69) is 46.4 Å². The molecule has 5 nitrogen and oxygen atoms in total. The lowest BCUT2D eigenvalue weighted by atomic mass is 9.96. The van der Waals surface area contributed by atoms with Gasteiger partial charge in [-0.1, -0.05) is 17.7 Å². The van der Waals surface area contributed by atoms with Gasteiger partial charge in [0, 0.05) is 19.6 Å². The van der Waals surface area contributed by atoms with Crippen molar-refractivity contribution in [3.05, 3.63) is 35.4 Å². The average molecular weight is 367 g/mol. The van der Waals surface area contributed by atoms with Crippen molar-refractivity contribution >= 4 is 22.9 Å². The number of allylic oxidation sites excluding steroid dienone is 1. The van der Waals surface area contributed by atoms with Crippen LogP contribution in [0.5, 0.6) is 0 Å². The number of aromatic amines is 1. The minimum absolute atomic E-state index is 0.0500. The third kappa shape index (κ3) is 4.34. The van der Waals surface area contributed by atoms with Crippen LogP contribution in [0.4, 0.5) is 5.95 Å². The molecule has 0 bridgehead atoms.